The molecule has 0 saturated heterocycles. The van der Waals surface area contributed by atoms with Crippen LogP contribution in [0.5, 0.6) is 0 Å². The average Bonchev–Trinajstić information content (AvgIpc) is 3.00. The summed E-state index contributed by atoms with van der Waals surface area (Å²) < 4.78 is 0. The summed E-state index contributed by atoms with van der Waals surface area (Å²) in [4.78, 5) is 41.8. The van der Waals surface area contributed by atoms with Crippen molar-refractivity contribution < 1.29 is 14.4 Å². The summed E-state index contributed by atoms with van der Waals surface area (Å²) in [7, 11) is 0. The van der Waals surface area contributed by atoms with Crippen LogP contribution in [0.15, 0.2) is 59.7 Å². The van der Waals surface area contributed by atoms with Gasteiger partial charge in [-0.25, -0.2) is 0 Å². The summed E-state index contributed by atoms with van der Waals surface area (Å²) in [5.41, 5.74) is -0.193. The maximum Gasteiger partial charge on any atom is 0.245 e. The molecule has 6 rings (SSSR count). The first kappa shape index (κ1) is 32.2. The van der Waals surface area contributed by atoms with E-state index in [-0.39, 0.29) is 57.0 Å². The highest BCUT2D eigenvalue weighted by atomic mass is 16.2. The molecule has 5 aliphatic carbocycles. The van der Waals surface area contributed by atoms with Gasteiger partial charge >= 0.3 is 0 Å². The normalized spacial score (nSPS) is 39.2. The number of benzene rings is 1. The van der Waals surface area contributed by atoms with Gasteiger partial charge in [0.1, 0.15) is 6.07 Å². The topological polar surface area (TPSA) is 111 Å². The first-order valence-corrected chi connectivity index (χ1v) is 16.9. The van der Waals surface area contributed by atoms with Gasteiger partial charge in [-0.2, -0.15) is 10.5 Å². The van der Waals surface area contributed by atoms with Gasteiger partial charge in [0.25, 0.3) is 0 Å². The number of allylic oxidation sites excluding steroid dienone is 5. The highest BCUT2D eigenvalue weighted by molar-refractivity contribution is 6.05. The van der Waals surface area contributed by atoms with Gasteiger partial charge in [0.2, 0.25) is 5.91 Å². The Morgan fingerprint density at radius 2 is 1.61 bits per heavy atom. The van der Waals surface area contributed by atoms with Crippen LogP contribution in [-0.4, -0.2) is 23.0 Å². The molecule has 1 N–H and O–H groups in total. The van der Waals surface area contributed by atoms with E-state index in [1.165, 1.54) is 6.08 Å². The van der Waals surface area contributed by atoms with Crippen molar-refractivity contribution in [1.29, 1.82) is 10.5 Å². The van der Waals surface area contributed by atoms with Gasteiger partial charge in [-0.05, 0) is 84.7 Å². The van der Waals surface area contributed by atoms with Gasteiger partial charge in [0.15, 0.2) is 11.6 Å². The van der Waals surface area contributed by atoms with Crippen molar-refractivity contribution in [2.45, 2.75) is 99.0 Å². The molecule has 3 fully saturated rings. The molecule has 240 valence electrons. The van der Waals surface area contributed by atoms with Gasteiger partial charge in [0, 0.05) is 28.4 Å². The molecule has 6 heteroatoms. The third kappa shape index (κ3) is 4.43. The summed E-state index contributed by atoms with van der Waals surface area (Å²) in [6.07, 6.45) is 11.0. The van der Waals surface area contributed by atoms with Crippen LogP contribution in [0, 0.1) is 67.5 Å². The molecule has 0 aromatic heterocycles. The fourth-order valence-electron chi connectivity index (χ4n) is 11.1. The van der Waals surface area contributed by atoms with Crippen LogP contribution < -0.4 is 5.32 Å². The number of fused-ring (bicyclic) bond motifs is 7. The molecule has 0 radical (unpaired) electrons. The van der Waals surface area contributed by atoms with Gasteiger partial charge in [-0.1, -0.05) is 90.4 Å². The number of nitrogens with one attached hydrogen (secondary N) is 1. The second-order valence-electron chi connectivity index (χ2n) is 16.9. The molecule has 0 bridgehead atoms. The number of ketones is 2. The maximum atomic E-state index is 14.7. The molecular weight excluding hydrogens is 570 g/mol. The van der Waals surface area contributed by atoms with E-state index in [1.807, 2.05) is 56.3 Å². The summed E-state index contributed by atoms with van der Waals surface area (Å²) in [5, 5.41) is 23.3. The Kier molecular flexibility index (Phi) is 7.25. The number of rotatable bonds is 3. The van der Waals surface area contributed by atoms with Crippen LogP contribution in [0.1, 0.15) is 99.0 Å². The SMILES string of the molecule is CC1(C)CC[C@]2(NC(=O)/C=C(\C#N)c3ccccc3)CC[C@]3(C)[C@H](C(=O)C=C4[C@@]5(C)C=C(C#N)C(=O)C(C)(C)[C@@H]5CC[C@]43C)[C@@H]2C1. The number of Topliss-reactive ketones (excluding diaryl/α,β-unsaturated/α-hetero) is 1. The van der Waals surface area contributed by atoms with Gasteiger partial charge < -0.3 is 5.32 Å². The third-order valence-electron chi connectivity index (χ3n) is 13.7. The smallest absolute Gasteiger partial charge is 0.245 e. The Balaban J connectivity index is 1.43. The fourth-order valence-corrected chi connectivity index (χ4v) is 11.1. The molecular formula is C40H47N3O3. The molecule has 46 heavy (non-hydrogen) atoms. The largest absolute Gasteiger partial charge is 0.347 e. The number of nitriles is 2. The summed E-state index contributed by atoms with van der Waals surface area (Å²) in [6.45, 7) is 15.2. The number of hydrogen-bond donors (Lipinski definition) is 1. The highest BCUT2D eigenvalue weighted by Crippen LogP contribution is 2.73. The second kappa shape index (κ2) is 10.4. The molecule has 1 amide bonds. The van der Waals surface area contributed by atoms with Gasteiger partial charge in [-0.3, -0.25) is 14.4 Å². The molecule has 7 atom stereocenters. The number of carbonyl (C=O) groups excluding carboxylic acids is 3. The lowest BCUT2D eigenvalue weighted by Crippen LogP contribution is -2.69. The first-order chi connectivity index (χ1) is 21.5. The predicted molar refractivity (Wildman–Crippen MR) is 177 cm³/mol. The first-order valence-electron chi connectivity index (χ1n) is 16.9. The van der Waals surface area contributed by atoms with E-state index in [2.05, 4.69) is 52.1 Å². The lowest BCUT2D eigenvalue weighted by atomic mass is 9.35. The quantitative estimate of drug-likeness (QED) is 0.276. The van der Waals surface area contributed by atoms with Crippen molar-refractivity contribution in [3.63, 3.8) is 0 Å². The minimum absolute atomic E-state index is 0.00168. The summed E-state index contributed by atoms with van der Waals surface area (Å²) in [6, 6.07) is 13.6. The Morgan fingerprint density at radius 1 is 0.935 bits per heavy atom. The number of carbonyl (C=O) groups is 3. The molecule has 0 spiro atoms. The molecule has 0 unspecified atom stereocenters. The standard InChI is InChI=1S/C40H47N3O3/c1-35(2)15-17-40(43-32(45)19-26(23-41)25-11-9-8-10-12-25)18-16-39(7)33(28(40)22-35)29(44)20-31-37(5)21-27(24-42)34(46)36(3,4)30(37)13-14-38(31,39)6/h8-12,19-21,28,30,33H,13-18,22H2,1-7H3,(H,43,45)/b26-19+/t28-,30-,33-,37-,38+,39+,40-/m0/s1. The van der Waals surface area contributed by atoms with E-state index < -0.39 is 16.4 Å². The van der Waals surface area contributed by atoms with E-state index in [1.54, 1.807) is 0 Å². The molecule has 3 saturated carbocycles. The Bertz CT molecular complexity index is 1700. The second-order valence-corrected chi connectivity index (χ2v) is 16.9. The summed E-state index contributed by atoms with van der Waals surface area (Å²) in [5.74, 6) is -0.611. The molecule has 1 aromatic rings. The molecule has 0 aliphatic heterocycles. The average molecular weight is 618 g/mol. The van der Waals surface area contributed by atoms with E-state index >= 15 is 0 Å². The van der Waals surface area contributed by atoms with Crippen molar-refractivity contribution in [3.05, 3.63) is 65.3 Å². The zero-order valence-electron chi connectivity index (χ0n) is 28.4. The van der Waals surface area contributed by atoms with Crippen molar-refractivity contribution in [2.24, 2.45) is 44.8 Å². The zero-order valence-corrected chi connectivity index (χ0v) is 28.4. The van der Waals surface area contributed by atoms with Crippen LogP contribution in [0.25, 0.3) is 5.57 Å². The predicted octanol–water partition coefficient (Wildman–Crippen LogP) is 7.68. The van der Waals surface area contributed by atoms with E-state index in [4.69, 9.17) is 0 Å². The number of nitrogens with zero attached hydrogens (tertiary/aromatic N) is 2. The minimum Gasteiger partial charge on any atom is -0.347 e. The van der Waals surface area contributed by atoms with Crippen LogP contribution >= 0.6 is 0 Å². The Labute approximate surface area is 274 Å². The van der Waals surface area contributed by atoms with Crippen LogP contribution in [-0.2, 0) is 14.4 Å². The molecule has 1 aromatic carbocycles. The Hall–Kier alpha value is -3.77. The minimum atomic E-state index is -0.702. The highest BCUT2D eigenvalue weighted by Gasteiger charge is 2.70. The fraction of sp³-hybridized carbons (Fsp3) is 0.575. The van der Waals surface area contributed by atoms with E-state index in [0.29, 0.717) is 11.1 Å². The molecule has 0 heterocycles. The van der Waals surface area contributed by atoms with E-state index in [0.717, 1.165) is 50.5 Å². The van der Waals surface area contributed by atoms with Gasteiger partial charge in [-0.15, -0.1) is 0 Å². The van der Waals surface area contributed by atoms with Gasteiger partial charge in [0.05, 0.1) is 17.2 Å². The lowest BCUT2D eigenvalue weighted by Gasteiger charge is -2.69. The van der Waals surface area contributed by atoms with Crippen LogP contribution in [0.4, 0.5) is 0 Å². The lowest BCUT2D eigenvalue weighted by molar-refractivity contribution is -0.163. The number of hydrogen-bond acceptors (Lipinski definition) is 5. The van der Waals surface area contributed by atoms with Crippen molar-refractivity contribution >= 4 is 23.0 Å². The van der Waals surface area contributed by atoms with E-state index in [9.17, 15) is 24.9 Å². The van der Waals surface area contributed by atoms with Crippen molar-refractivity contribution in [1.82, 2.24) is 5.32 Å². The summed E-state index contributed by atoms with van der Waals surface area (Å²) >= 11 is 0. The van der Waals surface area contributed by atoms with Crippen LogP contribution in [0.3, 0.4) is 0 Å². The monoisotopic (exact) mass is 617 g/mol. The van der Waals surface area contributed by atoms with Crippen molar-refractivity contribution in [2.75, 3.05) is 0 Å². The maximum absolute atomic E-state index is 14.7. The molecule has 6 nitrogen and oxygen atoms in total. The number of amides is 1. The van der Waals surface area contributed by atoms with Crippen LogP contribution in [0.2, 0.25) is 0 Å². The Morgan fingerprint density at radius 3 is 2.26 bits per heavy atom. The molecule has 5 aliphatic rings. The third-order valence-corrected chi connectivity index (χ3v) is 13.7. The zero-order chi connectivity index (χ0) is 33.5. The van der Waals surface area contributed by atoms with Crippen molar-refractivity contribution in [3.8, 4) is 12.1 Å².